The summed E-state index contributed by atoms with van der Waals surface area (Å²) in [5.74, 6) is -0.357. The van der Waals surface area contributed by atoms with Gasteiger partial charge in [-0.1, -0.05) is 36.4 Å². The highest BCUT2D eigenvalue weighted by molar-refractivity contribution is 5.78. The van der Waals surface area contributed by atoms with Gasteiger partial charge < -0.3 is 10.0 Å². The molecule has 0 aliphatic carbocycles. The van der Waals surface area contributed by atoms with Gasteiger partial charge >= 0.3 is 5.69 Å². The van der Waals surface area contributed by atoms with Crippen molar-refractivity contribution in [3.8, 4) is 5.75 Å². The van der Waals surface area contributed by atoms with Crippen molar-refractivity contribution in [2.75, 3.05) is 4.90 Å². The van der Waals surface area contributed by atoms with Gasteiger partial charge in [-0.25, -0.2) is 0 Å². The molecule has 0 bridgehead atoms. The van der Waals surface area contributed by atoms with Crippen molar-refractivity contribution in [1.82, 2.24) is 0 Å². The second-order valence-electron chi connectivity index (χ2n) is 4.94. The zero-order chi connectivity index (χ0) is 16.2. The van der Waals surface area contributed by atoms with Crippen LogP contribution in [0.5, 0.6) is 5.75 Å². The fourth-order valence-corrected chi connectivity index (χ4v) is 2.41. The number of phenols is 1. The first-order valence-electron chi connectivity index (χ1n) is 7.04. The van der Waals surface area contributed by atoms with E-state index in [9.17, 15) is 15.2 Å². The van der Waals surface area contributed by atoms with Crippen molar-refractivity contribution in [1.29, 1.82) is 0 Å². The number of nitrogens with zero attached hydrogens (tertiary/aromatic N) is 2. The van der Waals surface area contributed by atoms with Crippen LogP contribution in [0.2, 0.25) is 0 Å². The van der Waals surface area contributed by atoms with Gasteiger partial charge in [-0.15, -0.1) is 0 Å². The Morgan fingerprint density at radius 1 is 0.783 bits per heavy atom. The molecule has 0 amide bonds. The molecule has 0 fully saturated rings. The van der Waals surface area contributed by atoms with Gasteiger partial charge in [0.05, 0.1) is 10.6 Å². The molecule has 23 heavy (non-hydrogen) atoms. The number of rotatable bonds is 4. The summed E-state index contributed by atoms with van der Waals surface area (Å²) in [6, 6.07) is 23.6. The van der Waals surface area contributed by atoms with Crippen molar-refractivity contribution in [3.63, 3.8) is 0 Å². The molecule has 0 saturated heterocycles. The number of nitro benzene ring substituents is 1. The number of hydrogen-bond acceptors (Lipinski definition) is 4. The highest BCUT2D eigenvalue weighted by Crippen LogP contribution is 2.38. The first-order chi connectivity index (χ1) is 11.2. The third kappa shape index (κ3) is 2.98. The normalized spacial score (nSPS) is 10.3. The van der Waals surface area contributed by atoms with E-state index < -0.39 is 4.92 Å². The minimum Gasteiger partial charge on any atom is -0.502 e. The zero-order valence-corrected chi connectivity index (χ0v) is 12.2. The Balaban J connectivity index is 2.13. The standard InChI is InChI=1S/C18H14N2O3/c21-18-13-16(11-12-17(18)20(22)23)19(14-7-3-1-4-8-14)15-9-5-2-6-10-15/h1-13,21H. The van der Waals surface area contributed by atoms with E-state index in [-0.39, 0.29) is 11.4 Å². The lowest BCUT2D eigenvalue weighted by molar-refractivity contribution is -0.385. The highest BCUT2D eigenvalue weighted by Gasteiger charge is 2.17. The van der Waals surface area contributed by atoms with Gasteiger partial charge in [0.1, 0.15) is 0 Å². The van der Waals surface area contributed by atoms with E-state index in [1.165, 1.54) is 12.1 Å². The molecule has 3 rings (SSSR count). The SMILES string of the molecule is O=[N+]([O-])c1ccc(N(c2ccccc2)c2ccccc2)cc1O. The Kier molecular flexibility index (Phi) is 3.93. The number of anilines is 3. The average Bonchev–Trinajstić information content (AvgIpc) is 2.57. The summed E-state index contributed by atoms with van der Waals surface area (Å²) in [4.78, 5) is 12.2. The molecule has 0 aliphatic heterocycles. The van der Waals surface area contributed by atoms with Crippen LogP contribution in [0.4, 0.5) is 22.7 Å². The summed E-state index contributed by atoms with van der Waals surface area (Å²) in [5.41, 5.74) is 2.12. The maximum absolute atomic E-state index is 10.9. The van der Waals surface area contributed by atoms with Gasteiger partial charge in [0.15, 0.2) is 5.75 Å². The molecule has 0 saturated carbocycles. The molecule has 0 spiro atoms. The van der Waals surface area contributed by atoms with E-state index in [1.807, 2.05) is 65.6 Å². The lowest BCUT2D eigenvalue weighted by Gasteiger charge is -2.25. The van der Waals surface area contributed by atoms with E-state index >= 15 is 0 Å². The molecule has 0 heterocycles. The maximum atomic E-state index is 10.9. The molecular weight excluding hydrogens is 292 g/mol. The Morgan fingerprint density at radius 3 is 1.74 bits per heavy atom. The van der Waals surface area contributed by atoms with Crippen LogP contribution in [0, 0.1) is 10.1 Å². The molecule has 3 aromatic rings. The van der Waals surface area contributed by atoms with Gasteiger partial charge in [0.25, 0.3) is 0 Å². The monoisotopic (exact) mass is 306 g/mol. The van der Waals surface area contributed by atoms with E-state index in [0.717, 1.165) is 11.4 Å². The Hall–Kier alpha value is -3.34. The second kappa shape index (κ2) is 6.19. The summed E-state index contributed by atoms with van der Waals surface area (Å²) in [6.45, 7) is 0. The summed E-state index contributed by atoms with van der Waals surface area (Å²) in [7, 11) is 0. The molecule has 3 aromatic carbocycles. The quantitative estimate of drug-likeness (QED) is 0.557. The predicted octanol–water partition coefficient (Wildman–Crippen LogP) is 4.77. The Bertz CT molecular complexity index is 781. The number of benzene rings is 3. The Labute approximate surface area is 133 Å². The molecule has 5 nitrogen and oxygen atoms in total. The highest BCUT2D eigenvalue weighted by atomic mass is 16.6. The second-order valence-corrected chi connectivity index (χ2v) is 4.94. The van der Waals surface area contributed by atoms with Crippen molar-refractivity contribution in [3.05, 3.63) is 89.0 Å². The first-order valence-corrected chi connectivity index (χ1v) is 7.04. The van der Waals surface area contributed by atoms with Gasteiger partial charge in [-0.2, -0.15) is 0 Å². The molecular formula is C18H14N2O3. The fourth-order valence-electron chi connectivity index (χ4n) is 2.41. The van der Waals surface area contributed by atoms with Gasteiger partial charge in [0, 0.05) is 23.5 Å². The number of nitro groups is 1. The Morgan fingerprint density at radius 2 is 1.30 bits per heavy atom. The van der Waals surface area contributed by atoms with Crippen molar-refractivity contribution < 1.29 is 10.0 Å². The lowest BCUT2D eigenvalue weighted by Crippen LogP contribution is -2.09. The van der Waals surface area contributed by atoms with Crippen molar-refractivity contribution >= 4 is 22.7 Å². The average molecular weight is 306 g/mol. The van der Waals surface area contributed by atoms with Crippen LogP contribution in [0.1, 0.15) is 0 Å². The summed E-state index contributed by atoms with van der Waals surface area (Å²) < 4.78 is 0. The van der Waals surface area contributed by atoms with E-state index in [2.05, 4.69) is 0 Å². The fraction of sp³-hybridized carbons (Fsp3) is 0. The predicted molar refractivity (Wildman–Crippen MR) is 89.4 cm³/mol. The third-order valence-electron chi connectivity index (χ3n) is 3.44. The van der Waals surface area contributed by atoms with Crippen LogP contribution in [-0.2, 0) is 0 Å². The topological polar surface area (TPSA) is 66.6 Å². The summed E-state index contributed by atoms with van der Waals surface area (Å²) >= 11 is 0. The molecule has 5 heteroatoms. The van der Waals surface area contributed by atoms with E-state index in [1.54, 1.807) is 6.07 Å². The maximum Gasteiger partial charge on any atom is 0.310 e. The molecule has 0 atom stereocenters. The van der Waals surface area contributed by atoms with E-state index in [4.69, 9.17) is 0 Å². The minimum absolute atomic E-state index is 0.310. The number of aromatic hydroxyl groups is 1. The van der Waals surface area contributed by atoms with Crippen LogP contribution < -0.4 is 4.90 Å². The van der Waals surface area contributed by atoms with Gasteiger partial charge in [-0.05, 0) is 30.3 Å². The molecule has 0 aromatic heterocycles. The van der Waals surface area contributed by atoms with Crippen LogP contribution in [-0.4, -0.2) is 10.0 Å². The molecule has 0 aliphatic rings. The largest absolute Gasteiger partial charge is 0.502 e. The molecule has 0 radical (unpaired) electrons. The van der Waals surface area contributed by atoms with Gasteiger partial charge in [0.2, 0.25) is 0 Å². The summed E-state index contributed by atoms with van der Waals surface area (Å²) in [6.07, 6.45) is 0. The van der Waals surface area contributed by atoms with Crippen molar-refractivity contribution in [2.45, 2.75) is 0 Å². The van der Waals surface area contributed by atoms with E-state index in [0.29, 0.717) is 5.69 Å². The lowest BCUT2D eigenvalue weighted by atomic mass is 10.1. The van der Waals surface area contributed by atoms with Crippen LogP contribution in [0.3, 0.4) is 0 Å². The van der Waals surface area contributed by atoms with Crippen LogP contribution in [0.15, 0.2) is 78.9 Å². The summed E-state index contributed by atoms with van der Waals surface area (Å²) in [5, 5.41) is 20.8. The molecule has 114 valence electrons. The van der Waals surface area contributed by atoms with Crippen LogP contribution in [0.25, 0.3) is 0 Å². The first kappa shape index (κ1) is 14.6. The number of hydrogen-bond donors (Lipinski definition) is 1. The zero-order valence-electron chi connectivity index (χ0n) is 12.2. The van der Waals surface area contributed by atoms with Crippen molar-refractivity contribution in [2.24, 2.45) is 0 Å². The van der Waals surface area contributed by atoms with Gasteiger partial charge in [-0.3, -0.25) is 10.1 Å². The van der Waals surface area contributed by atoms with Crippen LogP contribution >= 0.6 is 0 Å². The smallest absolute Gasteiger partial charge is 0.310 e. The molecule has 1 N–H and O–H groups in total. The third-order valence-corrected chi connectivity index (χ3v) is 3.44. The number of phenolic OH excluding ortho intramolecular Hbond substituents is 1. The number of para-hydroxylation sites is 2. The minimum atomic E-state index is -0.603. The molecule has 0 unspecified atom stereocenters.